The number of carbonyl (C=O) groups excluding carboxylic acids is 1. The highest BCUT2D eigenvalue weighted by Crippen LogP contribution is 2.43. The Balaban J connectivity index is 2.10. The van der Waals surface area contributed by atoms with Crippen LogP contribution in [0.1, 0.15) is 48.3 Å². The molecule has 1 aromatic heterocycles. The van der Waals surface area contributed by atoms with Gasteiger partial charge >= 0.3 is 5.97 Å². The van der Waals surface area contributed by atoms with Crippen molar-refractivity contribution < 1.29 is 14.7 Å². The smallest absolute Gasteiger partial charge is 0.305 e. The van der Waals surface area contributed by atoms with Gasteiger partial charge in [0.05, 0.1) is 16.6 Å². The summed E-state index contributed by atoms with van der Waals surface area (Å²) < 4.78 is 0.716. The highest BCUT2D eigenvalue weighted by Gasteiger charge is 2.31. The van der Waals surface area contributed by atoms with Gasteiger partial charge in [0.25, 0.3) is 5.91 Å². The fourth-order valence-corrected chi connectivity index (χ4v) is 2.58. The Labute approximate surface area is 119 Å². The molecule has 0 radical (unpaired) electrons. The maximum atomic E-state index is 12.3. The first-order chi connectivity index (χ1) is 9.04. The molecule has 1 heterocycles. The number of carboxylic acids is 1. The molecule has 1 amide bonds. The van der Waals surface area contributed by atoms with Crippen molar-refractivity contribution >= 4 is 27.8 Å². The van der Waals surface area contributed by atoms with Crippen LogP contribution in [-0.4, -0.2) is 45.2 Å². The molecule has 6 nitrogen and oxygen atoms in total. The number of hydrogen-bond acceptors (Lipinski definition) is 3. The van der Waals surface area contributed by atoms with Crippen LogP contribution in [0.4, 0.5) is 0 Å². The van der Waals surface area contributed by atoms with Crippen molar-refractivity contribution in [1.82, 2.24) is 15.1 Å². The summed E-state index contributed by atoms with van der Waals surface area (Å²) in [4.78, 5) is 24.4. The van der Waals surface area contributed by atoms with Gasteiger partial charge in [-0.3, -0.25) is 14.7 Å². The van der Waals surface area contributed by atoms with Gasteiger partial charge < -0.3 is 10.0 Å². The largest absolute Gasteiger partial charge is 0.481 e. The molecule has 19 heavy (non-hydrogen) atoms. The number of nitrogens with zero attached hydrogens (tertiary/aromatic N) is 2. The van der Waals surface area contributed by atoms with Crippen LogP contribution >= 0.6 is 15.9 Å². The normalized spacial score (nSPS) is 14.4. The van der Waals surface area contributed by atoms with Gasteiger partial charge in [-0.1, -0.05) is 0 Å². The molecular formula is C12H16BrN3O3. The minimum atomic E-state index is -0.911. The topological polar surface area (TPSA) is 86.3 Å². The molecule has 0 unspecified atom stereocenters. The molecule has 0 aliphatic heterocycles. The number of H-pyrrole nitrogens is 1. The minimum Gasteiger partial charge on any atom is -0.481 e. The summed E-state index contributed by atoms with van der Waals surface area (Å²) in [7, 11) is 0. The summed E-state index contributed by atoms with van der Waals surface area (Å²) in [5, 5.41) is 15.6. The molecule has 1 aliphatic carbocycles. The number of amides is 1. The van der Waals surface area contributed by atoms with E-state index in [0.29, 0.717) is 22.6 Å². The predicted molar refractivity (Wildman–Crippen MR) is 72.1 cm³/mol. The summed E-state index contributed by atoms with van der Waals surface area (Å²) in [6, 6.07) is 0. The number of rotatable bonds is 6. The number of aromatic nitrogens is 2. The first kappa shape index (κ1) is 14.0. The van der Waals surface area contributed by atoms with Gasteiger partial charge in [-0.25, -0.2) is 0 Å². The van der Waals surface area contributed by atoms with E-state index in [1.54, 1.807) is 0 Å². The molecular weight excluding hydrogens is 314 g/mol. The molecule has 0 spiro atoms. The number of carboxylic acid groups (broad SMARTS) is 1. The van der Waals surface area contributed by atoms with Crippen molar-refractivity contribution in [3.63, 3.8) is 0 Å². The van der Waals surface area contributed by atoms with Gasteiger partial charge in [0.2, 0.25) is 0 Å². The highest BCUT2D eigenvalue weighted by molar-refractivity contribution is 9.10. The van der Waals surface area contributed by atoms with Crippen molar-refractivity contribution in [2.45, 2.75) is 32.1 Å². The SMILES string of the molecule is CCN(CCC(=O)O)C(=O)c1n[nH]c(C2CC2)c1Br. The lowest BCUT2D eigenvalue weighted by Gasteiger charge is -2.18. The molecule has 0 saturated heterocycles. The number of halogens is 1. The fraction of sp³-hybridized carbons (Fsp3) is 0.583. The van der Waals surface area contributed by atoms with Gasteiger partial charge in [0.15, 0.2) is 5.69 Å². The molecule has 7 heteroatoms. The van der Waals surface area contributed by atoms with E-state index in [4.69, 9.17) is 5.11 Å². The maximum absolute atomic E-state index is 12.3. The Morgan fingerprint density at radius 3 is 2.74 bits per heavy atom. The second-order valence-electron chi connectivity index (χ2n) is 4.60. The van der Waals surface area contributed by atoms with Crippen LogP contribution in [0.5, 0.6) is 0 Å². The number of nitrogens with one attached hydrogen (secondary N) is 1. The van der Waals surface area contributed by atoms with Crippen LogP contribution < -0.4 is 0 Å². The van der Waals surface area contributed by atoms with Crippen molar-refractivity contribution in [1.29, 1.82) is 0 Å². The molecule has 2 N–H and O–H groups in total. The zero-order valence-electron chi connectivity index (χ0n) is 10.6. The van der Waals surface area contributed by atoms with E-state index in [9.17, 15) is 9.59 Å². The number of hydrogen-bond donors (Lipinski definition) is 2. The van der Waals surface area contributed by atoms with Gasteiger partial charge in [-0.15, -0.1) is 0 Å². The zero-order valence-corrected chi connectivity index (χ0v) is 12.2. The molecule has 1 aromatic rings. The maximum Gasteiger partial charge on any atom is 0.305 e. The van der Waals surface area contributed by atoms with E-state index in [1.807, 2.05) is 6.92 Å². The van der Waals surface area contributed by atoms with E-state index in [1.165, 1.54) is 4.90 Å². The Morgan fingerprint density at radius 2 is 2.21 bits per heavy atom. The van der Waals surface area contributed by atoms with Crippen molar-refractivity contribution in [3.8, 4) is 0 Å². The predicted octanol–water partition coefficient (Wildman–Crippen LogP) is 1.99. The summed E-state index contributed by atoms with van der Waals surface area (Å²) in [5.74, 6) is -0.678. The van der Waals surface area contributed by atoms with E-state index in [-0.39, 0.29) is 18.9 Å². The summed E-state index contributed by atoms with van der Waals surface area (Å²) in [5.41, 5.74) is 1.31. The van der Waals surface area contributed by atoms with Gasteiger partial charge in [0.1, 0.15) is 0 Å². The first-order valence-electron chi connectivity index (χ1n) is 6.29. The van der Waals surface area contributed by atoms with Crippen molar-refractivity contribution in [2.24, 2.45) is 0 Å². The van der Waals surface area contributed by atoms with Gasteiger partial charge in [-0.2, -0.15) is 5.10 Å². The molecule has 1 saturated carbocycles. The van der Waals surface area contributed by atoms with Crippen LogP contribution in [0.15, 0.2) is 4.47 Å². The van der Waals surface area contributed by atoms with Crippen molar-refractivity contribution in [3.05, 3.63) is 15.9 Å². The number of carbonyl (C=O) groups is 2. The average molecular weight is 330 g/mol. The van der Waals surface area contributed by atoms with Crippen LogP contribution in [0.25, 0.3) is 0 Å². The summed E-state index contributed by atoms with van der Waals surface area (Å²) in [6.07, 6.45) is 2.17. The molecule has 1 aliphatic rings. The highest BCUT2D eigenvalue weighted by atomic mass is 79.9. The summed E-state index contributed by atoms with van der Waals surface area (Å²) >= 11 is 3.41. The third-order valence-corrected chi connectivity index (χ3v) is 3.99. The minimum absolute atomic E-state index is 0.0584. The van der Waals surface area contributed by atoms with Crippen LogP contribution in [0.2, 0.25) is 0 Å². The molecule has 104 valence electrons. The molecule has 0 aromatic carbocycles. The Kier molecular flexibility index (Phi) is 4.24. The second kappa shape index (κ2) is 5.73. The lowest BCUT2D eigenvalue weighted by molar-refractivity contribution is -0.137. The van der Waals surface area contributed by atoms with Crippen molar-refractivity contribution in [2.75, 3.05) is 13.1 Å². The Hall–Kier alpha value is -1.37. The zero-order chi connectivity index (χ0) is 14.0. The van der Waals surface area contributed by atoms with E-state index in [0.717, 1.165) is 18.5 Å². The third kappa shape index (κ3) is 3.15. The quantitative estimate of drug-likeness (QED) is 0.835. The Bertz CT molecular complexity index is 496. The molecule has 2 rings (SSSR count). The van der Waals surface area contributed by atoms with Gasteiger partial charge in [0, 0.05) is 19.0 Å². The Morgan fingerprint density at radius 1 is 1.53 bits per heavy atom. The molecule has 0 bridgehead atoms. The fourth-order valence-electron chi connectivity index (χ4n) is 1.91. The van der Waals surface area contributed by atoms with Crippen LogP contribution in [-0.2, 0) is 4.79 Å². The molecule has 1 fully saturated rings. The average Bonchev–Trinajstić information content (AvgIpc) is 3.13. The second-order valence-corrected chi connectivity index (χ2v) is 5.40. The van der Waals surface area contributed by atoms with Crippen LogP contribution in [0, 0.1) is 0 Å². The van der Waals surface area contributed by atoms with E-state index in [2.05, 4.69) is 26.1 Å². The van der Waals surface area contributed by atoms with E-state index < -0.39 is 5.97 Å². The molecule has 0 atom stereocenters. The first-order valence-corrected chi connectivity index (χ1v) is 7.08. The van der Waals surface area contributed by atoms with E-state index >= 15 is 0 Å². The van der Waals surface area contributed by atoms with Crippen LogP contribution in [0.3, 0.4) is 0 Å². The third-order valence-electron chi connectivity index (χ3n) is 3.19. The monoisotopic (exact) mass is 329 g/mol. The number of aliphatic carboxylic acids is 1. The summed E-state index contributed by atoms with van der Waals surface area (Å²) in [6.45, 7) is 2.48. The lowest BCUT2D eigenvalue weighted by atomic mass is 10.2. The number of aromatic amines is 1. The lowest BCUT2D eigenvalue weighted by Crippen LogP contribution is -2.33. The van der Waals surface area contributed by atoms with Gasteiger partial charge in [-0.05, 0) is 35.7 Å². The standard InChI is InChI=1S/C12H16BrN3O3/c1-2-16(6-5-8(17)18)12(19)11-9(13)10(14-15-11)7-3-4-7/h7H,2-6H2,1H3,(H,14,15)(H,17,18).